The third-order valence-electron chi connectivity index (χ3n) is 4.20. The van der Waals surface area contributed by atoms with E-state index in [2.05, 4.69) is 16.0 Å². The summed E-state index contributed by atoms with van der Waals surface area (Å²) >= 11 is 0. The van der Waals surface area contributed by atoms with Crippen molar-refractivity contribution in [3.63, 3.8) is 0 Å². The van der Waals surface area contributed by atoms with E-state index < -0.39 is 6.04 Å². The van der Waals surface area contributed by atoms with E-state index in [1.165, 1.54) is 19.3 Å². The average Bonchev–Trinajstić information content (AvgIpc) is 2.44. The Balaban J connectivity index is 1.65. The van der Waals surface area contributed by atoms with Gasteiger partial charge in [-0.2, -0.15) is 0 Å². The van der Waals surface area contributed by atoms with Crippen LogP contribution < -0.4 is 16.0 Å². The molecule has 5 nitrogen and oxygen atoms in total. The van der Waals surface area contributed by atoms with Crippen LogP contribution in [0.1, 0.15) is 38.5 Å². The Morgan fingerprint density at radius 3 is 2.52 bits per heavy atom. The normalized spacial score (nSPS) is 22.1. The lowest BCUT2D eigenvalue weighted by molar-refractivity contribution is -0.128. The highest BCUT2D eigenvalue weighted by molar-refractivity contribution is 5.99. The Labute approximate surface area is 124 Å². The standard InChI is InChI=1S/C16H21N3O2/c20-15-10-4-9-14(18-15)16(21)19-13-8-2-1-7-12(13)17-11-5-3-6-11/h1-2,7-8,11,14,17H,3-6,9-10H2,(H,18,20)(H,19,21)/t14-/m1/s1. The molecule has 1 aliphatic heterocycles. The van der Waals surface area contributed by atoms with Gasteiger partial charge in [0.2, 0.25) is 11.8 Å². The van der Waals surface area contributed by atoms with Gasteiger partial charge in [0, 0.05) is 12.5 Å². The lowest BCUT2D eigenvalue weighted by Crippen LogP contribution is -2.46. The molecule has 0 radical (unpaired) electrons. The van der Waals surface area contributed by atoms with E-state index in [0.29, 0.717) is 18.9 Å². The molecule has 112 valence electrons. The number of para-hydroxylation sites is 2. The predicted octanol–water partition coefficient (Wildman–Crippen LogP) is 2.26. The van der Waals surface area contributed by atoms with Crippen LogP contribution in [-0.2, 0) is 9.59 Å². The Morgan fingerprint density at radius 1 is 1.10 bits per heavy atom. The van der Waals surface area contributed by atoms with Crippen molar-refractivity contribution in [2.75, 3.05) is 10.6 Å². The van der Waals surface area contributed by atoms with Crippen LogP contribution in [0.5, 0.6) is 0 Å². The van der Waals surface area contributed by atoms with Crippen molar-refractivity contribution in [2.24, 2.45) is 0 Å². The summed E-state index contributed by atoms with van der Waals surface area (Å²) in [5.41, 5.74) is 1.74. The zero-order chi connectivity index (χ0) is 14.7. The first-order valence-electron chi connectivity index (χ1n) is 7.68. The molecule has 0 aromatic heterocycles. The number of piperidine rings is 1. The van der Waals surface area contributed by atoms with E-state index in [9.17, 15) is 9.59 Å². The highest BCUT2D eigenvalue weighted by Crippen LogP contribution is 2.28. The molecule has 5 heteroatoms. The Bertz CT molecular complexity index is 540. The van der Waals surface area contributed by atoms with Gasteiger partial charge in [-0.1, -0.05) is 12.1 Å². The number of nitrogens with one attached hydrogen (secondary N) is 3. The van der Waals surface area contributed by atoms with Crippen LogP contribution in [0.15, 0.2) is 24.3 Å². The number of carbonyl (C=O) groups is 2. The van der Waals surface area contributed by atoms with Gasteiger partial charge in [-0.15, -0.1) is 0 Å². The quantitative estimate of drug-likeness (QED) is 0.795. The molecule has 0 spiro atoms. The molecular formula is C16H21N3O2. The average molecular weight is 287 g/mol. The summed E-state index contributed by atoms with van der Waals surface area (Å²) < 4.78 is 0. The largest absolute Gasteiger partial charge is 0.381 e. The summed E-state index contributed by atoms with van der Waals surface area (Å²) in [6.45, 7) is 0. The maximum Gasteiger partial charge on any atom is 0.247 e. The summed E-state index contributed by atoms with van der Waals surface area (Å²) in [4.78, 5) is 23.7. The number of benzene rings is 1. The fourth-order valence-corrected chi connectivity index (χ4v) is 2.71. The lowest BCUT2D eigenvalue weighted by Gasteiger charge is -2.29. The van der Waals surface area contributed by atoms with Gasteiger partial charge in [0.05, 0.1) is 11.4 Å². The molecule has 0 bridgehead atoms. The van der Waals surface area contributed by atoms with Crippen molar-refractivity contribution in [1.29, 1.82) is 0 Å². The molecule has 1 aromatic rings. The predicted molar refractivity (Wildman–Crippen MR) is 82.1 cm³/mol. The van der Waals surface area contributed by atoms with Gasteiger partial charge < -0.3 is 16.0 Å². The molecule has 1 saturated carbocycles. The van der Waals surface area contributed by atoms with Gasteiger partial charge in [-0.25, -0.2) is 0 Å². The van der Waals surface area contributed by atoms with Crippen molar-refractivity contribution in [3.8, 4) is 0 Å². The zero-order valence-electron chi connectivity index (χ0n) is 12.0. The van der Waals surface area contributed by atoms with Gasteiger partial charge in [0.25, 0.3) is 0 Å². The highest BCUT2D eigenvalue weighted by atomic mass is 16.2. The molecule has 21 heavy (non-hydrogen) atoms. The molecule has 3 N–H and O–H groups in total. The molecule has 1 saturated heterocycles. The van der Waals surface area contributed by atoms with Crippen LogP contribution in [0.4, 0.5) is 11.4 Å². The molecule has 1 aromatic carbocycles. The maximum absolute atomic E-state index is 12.3. The van der Waals surface area contributed by atoms with Crippen molar-refractivity contribution in [1.82, 2.24) is 5.32 Å². The van der Waals surface area contributed by atoms with E-state index >= 15 is 0 Å². The van der Waals surface area contributed by atoms with Crippen LogP contribution >= 0.6 is 0 Å². The second kappa shape index (κ2) is 6.16. The summed E-state index contributed by atoms with van der Waals surface area (Å²) in [6, 6.07) is 7.83. The fraction of sp³-hybridized carbons (Fsp3) is 0.500. The number of hydrogen-bond acceptors (Lipinski definition) is 3. The molecule has 1 atom stereocenters. The number of rotatable bonds is 4. The molecule has 3 rings (SSSR count). The number of hydrogen-bond donors (Lipinski definition) is 3. The Kier molecular flexibility index (Phi) is 4.08. The van der Waals surface area contributed by atoms with Gasteiger partial charge in [0.15, 0.2) is 0 Å². The Morgan fingerprint density at radius 2 is 1.86 bits per heavy atom. The first-order chi connectivity index (χ1) is 10.2. The minimum absolute atomic E-state index is 0.0396. The van der Waals surface area contributed by atoms with Crippen LogP contribution in [-0.4, -0.2) is 23.9 Å². The van der Waals surface area contributed by atoms with Crippen molar-refractivity contribution < 1.29 is 9.59 Å². The first-order valence-corrected chi connectivity index (χ1v) is 7.68. The van der Waals surface area contributed by atoms with E-state index in [1.807, 2.05) is 24.3 Å². The van der Waals surface area contributed by atoms with Crippen LogP contribution in [0.3, 0.4) is 0 Å². The summed E-state index contributed by atoms with van der Waals surface area (Å²) in [7, 11) is 0. The summed E-state index contributed by atoms with van der Waals surface area (Å²) in [5, 5.41) is 9.15. The van der Waals surface area contributed by atoms with E-state index in [4.69, 9.17) is 0 Å². The third kappa shape index (κ3) is 3.35. The topological polar surface area (TPSA) is 70.2 Å². The van der Waals surface area contributed by atoms with Gasteiger partial charge in [-0.3, -0.25) is 9.59 Å². The maximum atomic E-state index is 12.3. The molecule has 2 amide bonds. The molecular weight excluding hydrogens is 266 g/mol. The molecule has 2 fully saturated rings. The second-order valence-electron chi connectivity index (χ2n) is 5.82. The Hall–Kier alpha value is -2.04. The number of anilines is 2. The van der Waals surface area contributed by atoms with Gasteiger partial charge in [0.1, 0.15) is 6.04 Å². The van der Waals surface area contributed by atoms with E-state index in [-0.39, 0.29) is 11.8 Å². The summed E-state index contributed by atoms with van der Waals surface area (Å²) in [5.74, 6) is -0.173. The van der Waals surface area contributed by atoms with Gasteiger partial charge in [-0.05, 0) is 44.2 Å². The summed E-state index contributed by atoms with van der Waals surface area (Å²) in [6.07, 6.45) is 5.62. The SMILES string of the molecule is O=C1CCC[C@H](C(=O)Nc2ccccc2NC2CCC2)N1. The number of amides is 2. The van der Waals surface area contributed by atoms with Crippen LogP contribution in [0, 0.1) is 0 Å². The van der Waals surface area contributed by atoms with Crippen LogP contribution in [0.2, 0.25) is 0 Å². The molecule has 2 aliphatic rings. The molecule has 1 heterocycles. The smallest absolute Gasteiger partial charge is 0.247 e. The molecule has 1 aliphatic carbocycles. The van der Waals surface area contributed by atoms with Crippen molar-refractivity contribution in [2.45, 2.75) is 50.6 Å². The first kappa shape index (κ1) is 13.9. The van der Waals surface area contributed by atoms with E-state index in [0.717, 1.165) is 17.8 Å². The van der Waals surface area contributed by atoms with E-state index in [1.54, 1.807) is 0 Å². The monoisotopic (exact) mass is 287 g/mol. The van der Waals surface area contributed by atoms with Crippen molar-refractivity contribution in [3.05, 3.63) is 24.3 Å². The lowest BCUT2D eigenvalue weighted by atomic mass is 9.93. The second-order valence-corrected chi connectivity index (χ2v) is 5.82. The van der Waals surface area contributed by atoms with Crippen molar-refractivity contribution >= 4 is 23.2 Å². The fourth-order valence-electron chi connectivity index (χ4n) is 2.71. The number of carbonyl (C=O) groups excluding carboxylic acids is 2. The van der Waals surface area contributed by atoms with Crippen LogP contribution in [0.25, 0.3) is 0 Å². The zero-order valence-corrected chi connectivity index (χ0v) is 12.0. The highest BCUT2D eigenvalue weighted by Gasteiger charge is 2.25. The molecule has 0 unspecified atom stereocenters. The van der Waals surface area contributed by atoms with Gasteiger partial charge >= 0.3 is 0 Å². The minimum Gasteiger partial charge on any atom is -0.381 e. The third-order valence-corrected chi connectivity index (χ3v) is 4.20. The minimum atomic E-state index is -0.414.